The summed E-state index contributed by atoms with van der Waals surface area (Å²) >= 11 is -1.18. The van der Waals surface area contributed by atoms with E-state index in [4.69, 9.17) is 7.64 Å². The minimum absolute atomic E-state index is 0.432. The molecule has 0 amide bonds. The Morgan fingerprint density at radius 3 is 0.648 bits per heavy atom. The van der Waals surface area contributed by atoms with E-state index in [0.29, 0.717) is 12.1 Å². The van der Waals surface area contributed by atoms with Gasteiger partial charge in [-0.25, -0.2) is 0 Å². The van der Waals surface area contributed by atoms with E-state index in [0.717, 1.165) is 0 Å². The van der Waals surface area contributed by atoms with Crippen LogP contribution in [0.1, 0.15) is 76.4 Å². The zero-order valence-corrected chi connectivity index (χ0v) is 33.8. The van der Waals surface area contributed by atoms with E-state index in [1.165, 1.54) is 0 Å². The number of carbonyl (C=O) groups excluding carboxylic acids is 2. The fourth-order valence-corrected chi connectivity index (χ4v) is 6.14. The van der Waals surface area contributed by atoms with Crippen molar-refractivity contribution in [2.24, 2.45) is 0 Å². The van der Waals surface area contributed by atoms with Gasteiger partial charge in [0.25, 0.3) is 0 Å². The third-order valence-corrected chi connectivity index (χ3v) is 9.25. The molecule has 0 heterocycles. The van der Waals surface area contributed by atoms with Crippen LogP contribution in [0.4, 0.5) is 105 Å². The van der Waals surface area contributed by atoms with Gasteiger partial charge in [0.05, 0.1) is 0 Å². The van der Waals surface area contributed by atoms with E-state index >= 15 is 0 Å². The Labute approximate surface area is 383 Å². The Balaban J connectivity index is 2.15. The molecule has 0 bridgehead atoms. The van der Waals surface area contributed by atoms with Gasteiger partial charge in [-0.15, -0.1) is 0 Å². The number of hydrogen-bond donors (Lipinski definition) is 0. The summed E-state index contributed by atoms with van der Waals surface area (Å²) < 4.78 is 341. The molecule has 0 aromatic heterocycles. The molecule has 0 radical (unpaired) electrons. The van der Waals surface area contributed by atoms with Crippen molar-refractivity contribution >= 4 is 23.1 Å². The molecular formula is C40H12CuF24N2O4. The molecule has 0 spiro atoms. The molecule has 6 nitrogen and oxygen atoms in total. The number of halogens is 24. The van der Waals surface area contributed by atoms with E-state index < -0.39 is 239 Å². The van der Waals surface area contributed by atoms with Gasteiger partial charge in [0, 0.05) is 0 Å². The van der Waals surface area contributed by atoms with Crippen molar-refractivity contribution in [3.05, 3.63) is 151 Å². The number of rotatable bonds is 10. The summed E-state index contributed by atoms with van der Waals surface area (Å²) in [5, 5.41) is 19.9. The van der Waals surface area contributed by atoms with Crippen LogP contribution in [0.15, 0.2) is 83.9 Å². The summed E-state index contributed by atoms with van der Waals surface area (Å²) in [5.41, 5.74) is -30.9. The van der Waals surface area contributed by atoms with Crippen LogP contribution in [-0.4, -0.2) is 11.6 Å². The van der Waals surface area contributed by atoms with Crippen molar-refractivity contribution in [3.63, 3.8) is 0 Å². The Hall–Kier alpha value is -6.88. The zero-order valence-electron chi connectivity index (χ0n) is 32.8. The molecule has 0 atom stereocenters. The topological polar surface area (TPSA) is 100 Å². The van der Waals surface area contributed by atoms with Crippen molar-refractivity contribution in [1.82, 2.24) is 0 Å². The molecule has 0 aliphatic carbocycles. The fourth-order valence-electron chi connectivity index (χ4n) is 5.53. The zero-order chi connectivity index (χ0) is 54.4. The summed E-state index contributed by atoms with van der Waals surface area (Å²) in [7, 11) is 0. The molecule has 0 aliphatic heterocycles. The second-order valence-electron chi connectivity index (χ2n) is 13.6. The molecule has 0 saturated heterocycles. The number of nitrogens with zero attached hydrogens (tertiary/aromatic N) is 2. The van der Waals surface area contributed by atoms with Gasteiger partial charge in [0.15, 0.2) is 0 Å². The average molecular weight is 1100 g/mol. The molecule has 385 valence electrons. The number of hydrogen-bond acceptors (Lipinski definition) is 6. The first-order valence-corrected chi connectivity index (χ1v) is 18.2. The van der Waals surface area contributed by atoms with Gasteiger partial charge >= 0.3 is 384 Å². The molecule has 0 N–H and O–H groups in total. The molecule has 71 heavy (non-hydrogen) atoms. The summed E-state index contributed by atoms with van der Waals surface area (Å²) in [6, 6.07) is -4.63. The number of allylic oxidation sites excluding steroid dienone is 2. The molecule has 0 unspecified atom stereocenters. The van der Waals surface area contributed by atoms with Gasteiger partial charge in [0.2, 0.25) is 0 Å². The number of Topliss-reactive ketones (excluding diaryl/α,β-unsaturated/α-hetero) is 2. The molecule has 4 aromatic rings. The van der Waals surface area contributed by atoms with Crippen LogP contribution in [-0.2, 0) is 72.7 Å². The van der Waals surface area contributed by atoms with Gasteiger partial charge in [-0.2, -0.15) is 0 Å². The van der Waals surface area contributed by atoms with Crippen LogP contribution < -0.4 is 0 Å². The molecule has 31 heteroatoms. The summed E-state index contributed by atoms with van der Waals surface area (Å²) in [4.78, 5) is 27.3. The normalized spacial score (nSPS) is 14.0. The average Bonchev–Trinajstić information content (AvgIpc) is 3.22. The van der Waals surface area contributed by atoms with E-state index in [1.807, 2.05) is 0 Å². The van der Waals surface area contributed by atoms with Gasteiger partial charge < -0.3 is 0 Å². The molecule has 0 fully saturated rings. The van der Waals surface area contributed by atoms with E-state index in [2.05, 4.69) is 0 Å². The molecule has 4 aromatic carbocycles. The van der Waals surface area contributed by atoms with Crippen LogP contribution in [0, 0.1) is 22.7 Å². The minimum atomic E-state index is -5.89. The molecular weight excluding hydrogens is 1090 g/mol. The number of carbonyl (C=O) groups is 2. The number of alkyl halides is 24. The summed E-state index contributed by atoms with van der Waals surface area (Å²) in [6.45, 7) is 0. The Bertz CT molecular complexity index is 2570. The molecule has 4 rings (SSSR count). The fraction of sp³-hybridized carbons (Fsp3) is 0.200. The third-order valence-electron chi connectivity index (χ3n) is 8.70. The van der Waals surface area contributed by atoms with E-state index in [9.17, 15) is 125 Å². The van der Waals surface area contributed by atoms with Gasteiger partial charge in [0.1, 0.15) is 0 Å². The monoisotopic (exact) mass is 1100 g/mol. The second-order valence-corrected chi connectivity index (χ2v) is 14.2. The van der Waals surface area contributed by atoms with Crippen LogP contribution in [0.3, 0.4) is 0 Å². The summed E-state index contributed by atoms with van der Waals surface area (Å²) in [6.07, 6.45) is -46.8. The maximum absolute atomic E-state index is 14.0. The first kappa shape index (κ1) is 56.7. The summed E-state index contributed by atoms with van der Waals surface area (Å²) in [5.74, 6) is -9.33. The molecule has 0 saturated carbocycles. The van der Waals surface area contributed by atoms with Crippen LogP contribution in [0.2, 0.25) is 0 Å². The number of benzene rings is 4. The Morgan fingerprint density at radius 2 is 0.493 bits per heavy atom. The van der Waals surface area contributed by atoms with Crippen molar-refractivity contribution in [2.75, 3.05) is 0 Å². The third kappa shape index (κ3) is 13.7. The van der Waals surface area contributed by atoms with E-state index in [1.54, 1.807) is 0 Å². The number of nitriles is 2. The first-order chi connectivity index (χ1) is 32.0. The van der Waals surface area contributed by atoms with Crippen molar-refractivity contribution < 1.29 is 138 Å². The van der Waals surface area contributed by atoms with Gasteiger partial charge in [-0.1, -0.05) is 0 Å². The van der Waals surface area contributed by atoms with Crippen LogP contribution >= 0.6 is 0 Å². The van der Waals surface area contributed by atoms with Crippen LogP contribution in [0.25, 0.3) is 11.5 Å². The van der Waals surface area contributed by atoms with Gasteiger partial charge in [-0.05, 0) is 0 Å². The van der Waals surface area contributed by atoms with Crippen molar-refractivity contribution in [2.45, 2.75) is 49.4 Å². The van der Waals surface area contributed by atoms with Gasteiger partial charge in [-0.3, -0.25) is 0 Å². The number of ketones is 2. The van der Waals surface area contributed by atoms with Crippen molar-refractivity contribution in [3.8, 4) is 12.1 Å². The van der Waals surface area contributed by atoms with E-state index in [-0.39, 0.29) is 0 Å². The second kappa shape index (κ2) is 19.4. The van der Waals surface area contributed by atoms with Crippen LogP contribution in [0.5, 0.6) is 0 Å². The maximum atomic E-state index is 14.0. The predicted octanol–water partition coefficient (Wildman–Crippen LogP) is 14.7. The standard InChI is InChI=1S/2C20H7F12NO2.Cu/c2*21-17(22,23)10-1-8(2-11(5-10)18(24,25)26)15(34)14(7-33)16(35)9-3-12(19(27,28)29)6-13(4-9)20(30,31)32;/h2*1-6,34H;/q;;+2/p-2/b2*15-14-;. The van der Waals surface area contributed by atoms with Crippen molar-refractivity contribution in [1.29, 1.82) is 10.5 Å². The Kier molecular flexibility index (Phi) is 15.5. The quantitative estimate of drug-likeness (QED) is 0.0392. The SMILES string of the molecule is N#C/C(C(=O)c1cc(C(F)(F)F)cc(C(F)(F)F)c1)=C(/[O][Cu][O]/C(=C(/C#N)C(=O)c1cc(C(F)(F)F)cc(C(F)(F)F)c1)c1cc(C(F)(F)F)cc(C(F)(F)F)c1)c1cc(C(F)(F)F)cc(C(F)(F)F)c1. The predicted molar refractivity (Wildman–Crippen MR) is 182 cm³/mol. The first-order valence-electron chi connectivity index (χ1n) is 17.5. The Morgan fingerprint density at radius 1 is 0.324 bits per heavy atom. The molecule has 0 aliphatic rings.